The van der Waals surface area contributed by atoms with E-state index < -0.39 is 0 Å². The number of hydrogen-bond acceptors (Lipinski definition) is 2. The Kier molecular flexibility index (Phi) is 4.23. The Labute approximate surface area is 108 Å². The Balaban J connectivity index is 1.90. The van der Waals surface area contributed by atoms with Crippen LogP contribution in [0.1, 0.15) is 11.3 Å². The van der Waals surface area contributed by atoms with E-state index in [4.69, 9.17) is 0 Å². The minimum Gasteiger partial charge on any atom is -0.307 e. The summed E-state index contributed by atoms with van der Waals surface area (Å²) in [5.74, 6) is -0.231. The maximum Gasteiger partial charge on any atom is 0.124 e. The first-order valence-corrected chi connectivity index (χ1v) is 6.09. The largest absolute Gasteiger partial charge is 0.307 e. The Morgan fingerprint density at radius 3 is 2.76 bits per heavy atom. The Morgan fingerprint density at radius 2 is 2.06 bits per heavy atom. The molecule has 0 radical (unpaired) electrons. The SMILES string of the molecule is Fc1ccc(CNCc2ccccn2)c(Br)c1. The van der Waals surface area contributed by atoms with Gasteiger partial charge in [-0.3, -0.25) is 4.98 Å². The molecule has 0 spiro atoms. The lowest BCUT2D eigenvalue weighted by Gasteiger charge is -2.06. The van der Waals surface area contributed by atoms with Crippen molar-refractivity contribution in [1.29, 1.82) is 0 Å². The molecule has 0 aliphatic heterocycles. The molecular weight excluding hydrogens is 283 g/mol. The molecule has 0 atom stereocenters. The monoisotopic (exact) mass is 294 g/mol. The van der Waals surface area contributed by atoms with Crippen LogP contribution in [-0.2, 0) is 13.1 Å². The second-order valence-electron chi connectivity index (χ2n) is 3.66. The number of rotatable bonds is 4. The molecule has 0 aliphatic carbocycles. The van der Waals surface area contributed by atoms with Crippen molar-refractivity contribution < 1.29 is 4.39 Å². The van der Waals surface area contributed by atoms with Crippen LogP contribution in [0, 0.1) is 5.82 Å². The van der Waals surface area contributed by atoms with Crippen LogP contribution < -0.4 is 5.32 Å². The van der Waals surface area contributed by atoms with Crippen LogP contribution in [0.2, 0.25) is 0 Å². The van der Waals surface area contributed by atoms with Crippen molar-refractivity contribution in [3.05, 3.63) is 64.1 Å². The van der Waals surface area contributed by atoms with E-state index in [2.05, 4.69) is 26.2 Å². The first-order chi connectivity index (χ1) is 8.25. The standard InChI is InChI=1S/C13H12BrFN2/c14-13-7-11(15)5-4-10(13)8-16-9-12-3-1-2-6-17-12/h1-7,16H,8-9H2. The van der Waals surface area contributed by atoms with Crippen LogP contribution in [0.3, 0.4) is 0 Å². The van der Waals surface area contributed by atoms with Gasteiger partial charge in [-0.05, 0) is 29.8 Å². The van der Waals surface area contributed by atoms with Gasteiger partial charge in [0, 0.05) is 23.8 Å². The zero-order valence-electron chi connectivity index (χ0n) is 9.16. The number of benzene rings is 1. The summed E-state index contributed by atoms with van der Waals surface area (Å²) in [6.07, 6.45) is 1.77. The third-order valence-electron chi connectivity index (χ3n) is 2.36. The minimum absolute atomic E-state index is 0.231. The van der Waals surface area contributed by atoms with Crippen molar-refractivity contribution >= 4 is 15.9 Å². The molecule has 0 saturated carbocycles. The van der Waals surface area contributed by atoms with Crippen LogP contribution in [0.25, 0.3) is 0 Å². The zero-order chi connectivity index (χ0) is 12.1. The molecule has 1 heterocycles. The van der Waals surface area contributed by atoms with Crippen molar-refractivity contribution in [3.8, 4) is 0 Å². The van der Waals surface area contributed by atoms with E-state index in [1.807, 2.05) is 18.2 Å². The third-order valence-corrected chi connectivity index (χ3v) is 3.10. The quantitative estimate of drug-likeness (QED) is 0.936. The third kappa shape index (κ3) is 3.61. The number of nitrogens with one attached hydrogen (secondary N) is 1. The first kappa shape index (κ1) is 12.2. The van der Waals surface area contributed by atoms with Gasteiger partial charge in [-0.25, -0.2) is 4.39 Å². The molecule has 2 nitrogen and oxygen atoms in total. The smallest absolute Gasteiger partial charge is 0.124 e. The molecule has 88 valence electrons. The van der Waals surface area contributed by atoms with E-state index in [0.29, 0.717) is 13.1 Å². The van der Waals surface area contributed by atoms with Gasteiger partial charge in [0.25, 0.3) is 0 Å². The fourth-order valence-electron chi connectivity index (χ4n) is 1.49. The molecule has 0 fully saturated rings. The van der Waals surface area contributed by atoms with Gasteiger partial charge in [0.2, 0.25) is 0 Å². The van der Waals surface area contributed by atoms with E-state index >= 15 is 0 Å². The molecular formula is C13H12BrFN2. The number of aromatic nitrogens is 1. The maximum absolute atomic E-state index is 12.9. The second-order valence-corrected chi connectivity index (χ2v) is 4.51. The van der Waals surface area contributed by atoms with Gasteiger partial charge in [-0.2, -0.15) is 0 Å². The van der Waals surface area contributed by atoms with Crippen molar-refractivity contribution in [2.24, 2.45) is 0 Å². The maximum atomic E-state index is 12.9. The highest BCUT2D eigenvalue weighted by atomic mass is 79.9. The van der Waals surface area contributed by atoms with Crippen molar-refractivity contribution in [2.45, 2.75) is 13.1 Å². The lowest BCUT2D eigenvalue weighted by atomic mass is 10.2. The lowest BCUT2D eigenvalue weighted by molar-refractivity contribution is 0.623. The molecule has 0 saturated heterocycles. The Bertz CT molecular complexity index is 488. The van der Waals surface area contributed by atoms with E-state index in [1.165, 1.54) is 12.1 Å². The summed E-state index contributed by atoms with van der Waals surface area (Å²) < 4.78 is 13.7. The number of nitrogens with zero attached hydrogens (tertiary/aromatic N) is 1. The number of pyridine rings is 1. The highest BCUT2D eigenvalue weighted by Crippen LogP contribution is 2.17. The second kappa shape index (κ2) is 5.89. The number of halogens is 2. The highest BCUT2D eigenvalue weighted by Gasteiger charge is 2.01. The molecule has 1 aromatic heterocycles. The van der Waals surface area contributed by atoms with Crippen molar-refractivity contribution in [2.75, 3.05) is 0 Å². The van der Waals surface area contributed by atoms with E-state index in [9.17, 15) is 4.39 Å². The van der Waals surface area contributed by atoms with Crippen LogP contribution in [0.15, 0.2) is 47.1 Å². The zero-order valence-corrected chi connectivity index (χ0v) is 10.7. The number of hydrogen-bond donors (Lipinski definition) is 1. The molecule has 1 N–H and O–H groups in total. The highest BCUT2D eigenvalue weighted by molar-refractivity contribution is 9.10. The van der Waals surface area contributed by atoms with Gasteiger partial charge in [-0.1, -0.05) is 28.1 Å². The fourth-order valence-corrected chi connectivity index (χ4v) is 1.98. The molecule has 0 unspecified atom stereocenters. The van der Waals surface area contributed by atoms with Gasteiger partial charge in [0.1, 0.15) is 5.82 Å². The molecule has 2 aromatic rings. The summed E-state index contributed by atoms with van der Waals surface area (Å²) in [7, 11) is 0. The molecule has 0 amide bonds. The average molecular weight is 295 g/mol. The van der Waals surface area contributed by atoms with Gasteiger partial charge < -0.3 is 5.32 Å². The van der Waals surface area contributed by atoms with Crippen LogP contribution in [0.4, 0.5) is 4.39 Å². The summed E-state index contributed by atoms with van der Waals surface area (Å²) in [6.45, 7) is 1.38. The van der Waals surface area contributed by atoms with Gasteiger partial charge in [0.15, 0.2) is 0 Å². The predicted octanol–water partition coefficient (Wildman–Crippen LogP) is 3.27. The van der Waals surface area contributed by atoms with Crippen LogP contribution >= 0.6 is 15.9 Å². The average Bonchev–Trinajstić information content (AvgIpc) is 2.33. The summed E-state index contributed by atoms with van der Waals surface area (Å²) in [5, 5.41) is 3.26. The van der Waals surface area contributed by atoms with Crippen LogP contribution in [-0.4, -0.2) is 4.98 Å². The van der Waals surface area contributed by atoms with E-state index in [-0.39, 0.29) is 5.82 Å². The van der Waals surface area contributed by atoms with Crippen molar-refractivity contribution in [1.82, 2.24) is 10.3 Å². The normalized spacial score (nSPS) is 10.5. The predicted molar refractivity (Wildman–Crippen MR) is 68.9 cm³/mol. The Morgan fingerprint density at radius 1 is 1.18 bits per heavy atom. The summed E-state index contributed by atoms with van der Waals surface area (Å²) >= 11 is 3.34. The fraction of sp³-hybridized carbons (Fsp3) is 0.154. The summed E-state index contributed by atoms with van der Waals surface area (Å²) in [5.41, 5.74) is 2.02. The Hall–Kier alpha value is -1.26. The summed E-state index contributed by atoms with van der Waals surface area (Å²) in [4.78, 5) is 4.21. The lowest BCUT2D eigenvalue weighted by Crippen LogP contribution is -2.13. The van der Waals surface area contributed by atoms with E-state index in [1.54, 1.807) is 12.3 Å². The molecule has 17 heavy (non-hydrogen) atoms. The van der Waals surface area contributed by atoms with Crippen molar-refractivity contribution in [3.63, 3.8) is 0 Å². The molecule has 2 rings (SSSR count). The van der Waals surface area contributed by atoms with Gasteiger partial charge in [0.05, 0.1) is 5.69 Å². The molecule has 0 bridgehead atoms. The molecule has 4 heteroatoms. The topological polar surface area (TPSA) is 24.9 Å². The first-order valence-electron chi connectivity index (χ1n) is 5.30. The summed E-state index contributed by atoms with van der Waals surface area (Å²) in [6, 6.07) is 10.5. The van der Waals surface area contributed by atoms with Gasteiger partial charge in [-0.15, -0.1) is 0 Å². The molecule has 1 aromatic carbocycles. The van der Waals surface area contributed by atoms with E-state index in [0.717, 1.165) is 15.7 Å². The van der Waals surface area contributed by atoms with Crippen LogP contribution in [0.5, 0.6) is 0 Å². The molecule has 0 aliphatic rings. The van der Waals surface area contributed by atoms with Gasteiger partial charge >= 0.3 is 0 Å². The minimum atomic E-state index is -0.231.